The largest absolute Gasteiger partial charge is 0.379 e. The van der Waals surface area contributed by atoms with Crippen molar-refractivity contribution in [3.8, 4) is 0 Å². The number of hydrogen-bond acceptors (Lipinski definition) is 4. The van der Waals surface area contributed by atoms with Gasteiger partial charge in [0.1, 0.15) is 0 Å². The first-order valence-corrected chi connectivity index (χ1v) is 7.94. The Morgan fingerprint density at radius 3 is 2.63 bits per heavy atom. The van der Waals surface area contributed by atoms with Crippen molar-refractivity contribution in [2.45, 2.75) is 39.3 Å². The average Bonchev–Trinajstić information content (AvgIpc) is 2.39. The Bertz CT molecular complexity index is 254. The van der Waals surface area contributed by atoms with Crippen LogP contribution in [-0.4, -0.2) is 74.4 Å². The average molecular weight is 269 g/mol. The molecule has 0 radical (unpaired) electrons. The minimum absolute atomic E-state index is 0.637. The quantitative estimate of drug-likeness (QED) is 0.807. The summed E-state index contributed by atoms with van der Waals surface area (Å²) in [5, 5.41) is 3.61. The zero-order valence-electron chi connectivity index (χ0n) is 12.9. The second-order valence-electron chi connectivity index (χ2n) is 6.42. The fourth-order valence-electron chi connectivity index (χ4n) is 3.24. The molecule has 2 heterocycles. The van der Waals surface area contributed by atoms with Gasteiger partial charge in [-0.15, -0.1) is 0 Å². The molecule has 0 aromatic rings. The number of rotatable bonds is 5. The topological polar surface area (TPSA) is 27.7 Å². The lowest BCUT2D eigenvalue weighted by Crippen LogP contribution is -2.57. The van der Waals surface area contributed by atoms with Gasteiger partial charge in [-0.25, -0.2) is 0 Å². The summed E-state index contributed by atoms with van der Waals surface area (Å²) in [5.74, 6) is 0.739. The minimum Gasteiger partial charge on any atom is -0.379 e. The van der Waals surface area contributed by atoms with E-state index in [1.54, 1.807) is 0 Å². The summed E-state index contributed by atoms with van der Waals surface area (Å²) in [6, 6.07) is 1.35. The van der Waals surface area contributed by atoms with Crippen molar-refractivity contribution < 1.29 is 4.74 Å². The van der Waals surface area contributed by atoms with Crippen molar-refractivity contribution in [2.24, 2.45) is 5.92 Å². The first-order chi connectivity index (χ1) is 9.16. The molecular weight excluding hydrogens is 238 g/mol. The molecule has 4 nitrogen and oxygen atoms in total. The molecule has 112 valence electrons. The molecule has 2 aliphatic heterocycles. The van der Waals surface area contributed by atoms with Crippen LogP contribution in [0, 0.1) is 5.92 Å². The lowest BCUT2D eigenvalue weighted by atomic mass is 9.98. The van der Waals surface area contributed by atoms with Crippen LogP contribution in [0.3, 0.4) is 0 Å². The van der Waals surface area contributed by atoms with Crippen LogP contribution < -0.4 is 5.32 Å². The number of ether oxygens (including phenoxy) is 1. The van der Waals surface area contributed by atoms with E-state index in [0.29, 0.717) is 12.1 Å². The molecule has 0 bridgehead atoms. The predicted molar refractivity (Wildman–Crippen MR) is 79.5 cm³/mol. The highest BCUT2D eigenvalue weighted by Crippen LogP contribution is 2.15. The first-order valence-electron chi connectivity index (χ1n) is 7.94. The van der Waals surface area contributed by atoms with E-state index in [0.717, 1.165) is 38.8 Å². The van der Waals surface area contributed by atoms with Gasteiger partial charge in [0.25, 0.3) is 0 Å². The SMILES string of the molecule is CC1CN(CCCN2CCOCC2)C(C(C)C)CN1. The molecule has 1 N–H and O–H groups in total. The van der Waals surface area contributed by atoms with Crippen LogP contribution in [0.2, 0.25) is 0 Å². The summed E-state index contributed by atoms with van der Waals surface area (Å²) in [6.07, 6.45) is 1.29. The van der Waals surface area contributed by atoms with E-state index < -0.39 is 0 Å². The highest BCUT2D eigenvalue weighted by Gasteiger charge is 2.27. The molecule has 0 aliphatic carbocycles. The van der Waals surface area contributed by atoms with Crippen molar-refractivity contribution in [3.05, 3.63) is 0 Å². The van der Waals surface area contributed by atoms with Crippen molar-refractivity contribution in [1.82, 2.24) is 15.1 Å². The highest BCUT2D eigenvalue weighted by atomic mass is 16.5. The third-order valence-corrected chi connectivity index (χ3v) is 4.45. The van der Waals surface area contributed by atoms with Crippen LogP contribution in [0.5, 0.6) is 0 Å². The fourth-order valence-corrected chi connectivity index (χ4v) is 3.24. The third-order valence-electron chi connectivity index (χ3n) is 4.45. The van der Waals surface area contributed by atoms with Gasteiger partial charge in [-0.1, -0.05) is 13.8 Å². The predicted octanol–water partition coefficient (Wildman–Crippen LogP) is 1.03. The van der Waals surface area contributed by atoms with E-state index in [1.165, 1.54) is 26.1 Å². The Hall–Kier alpha value is -0.160. The molecule has 2 aliphatic rings. The Morgan fingerprint density at radius 2 is 1.95 bits per heavy atom. The zero-order chi connectivity index (χ0) is 13.7. The van der Waals surface area contributed by atoms with E-state index in [1.807, 2.05) is 0 Å². The molecular formula is C15H31N3O. The van der Waals surface area contributed by atoms with E-state index in [-0.39, 0.29) is 0 Å². The van der Waals surface area contributed by atoms with Gasteiger partial charge in [-0.05, 0) is 32.4 Å². The summed E-state index contributed by atoms with van der Waals surface area (Å²) in [7, 11) is 0. The maximum Gasteiger partial charge on any atom is 0.0594 e. The van der Waals surface area contributed by atoms with Gasteiger partial charge in [0.2, 0.25) is 0 Å². The first kappa shape index (κ1) is 15.2. The van der Waals surface area contributed by atoms with Gasteiger partial charge in [0.05, 0.1) is 13.2 Å². The molecule has 2 rings (SSSR count). The maximum atomic E-state index is 5.40. The van der Waals surface area contributed by atoms with E-state index >= 15 is 0 Å². The highest BCUT2D eigenvalue weighted by molar-refractivity contribution is 4.86. The van der Waals surface area contributed by atoms with Gasteiger partial charge in [0.15, 0.2) is 0 Å². The Kier molecular flexibility index (Phi) is 6.07. The van der Waals surface area contributed by atoms with Gasteiger partial charge in [0, 0.05) is 38.3 Å². The lowest BCUT2D eigenvalue weighted by Gasteiger charge is -2.42. The number of piperazine rings is 1. The summed E-state index contributed by atoms with van der Waals surface area (Å²) in [6.45, 7) is 15.9. The normalized spacial score (nSPS) is 30.9. The molecule has 2 atom stereocenters. The number of nitrogens with one attached hydrogen (secondary N) is 1. The second kappa shape index (κ2) is 7.58. The molecule has 0 spiro atoms. The number of hydrogen-bond donors (Lipinski definition) is 1. The molecule has 2 fully saturated rings. The monoisotopic (exact) mass is 269 g/mol. The molecule has 2 unspecified atom stereocenters. The summed E-state index contributed by atoms with van der Waals surface area (Å²) in [4.78, 5) is 5.24. The van der Waals surface area contributed by atoms with Gasteiger partial charge in [-0.3, -0.25) is 9.80 Å². The van der Waals surface area contributed by atoms with Crippen LogP contribution >= 0.6 is 0 Å². The standard InChI is InChI=1S/C15H31N3O/c1-13(2)15-11-16-14(3)12-18(15)6-4-5-17-7-9-19-10-8-17/h13-16H,4-12H2,1-3H3. The minimum atomic E-state index is 0.637. The van der Waals surface area contributed by atoms with E-state index in [9.17, 15) is 0 Å². The number of morpholine rings is 1. The molecule has 19 heavy (non-hydrogen) atoms. The summed E-state index contributed by atoms with van der Waals surface area (Å²) in [5.41, 5.74) is 0. The van der Waals surface area contributed by atoms with E-state index in [2.05, 4.69) is 35.9 Å². The Morgan fingerprint density at radius 1 is 1.21 bits per heavy atom. The summed E-state index contributed by atoms with van der Waals surface area (Å²) >= 11 is 0. The van der Waals surface area contributed by atoms with Crippen molar-refractivity contribution >= 4 is 0 Å². The van der Waals surface area contributed by atoms with Crippen molar-refractivity contribution in [1.29, 1.82) is 0 Å². The van der Waals surface area contributed by atoms with Gasteiger partial charge in [-0.2, -0.15) is 0 Å². The van der Waals surface area contributed by atoms with E-state index in [4.69, 9.17) is 4.74 Å². The molecule has 0 aromatic carbocycles. The van der Waals surface area contributed by atoms with Crippen LogP contribution in [-0.2, 0) is 4.74 Å². The molecule has 0 amide bonds. The molecule has 0 saturated carbocycles. The van der Waals surface area contributed by atoms with Gasteiger partial charge >= 0.3 is 0 Å². The Labute approximate surface area is 118 Å². The molecule has 4 heteroatoms. The summed E-state index contributed by atoms with van der Waals surface area (Å²) < 4.78 is 5.40. The van der Waals surface area contributed by atoms with Crippen molar-refractivity contribution in [3.63, 3.8) is 0 Å². The maximum absolute atomic E-state index is 5.40. The van der Waals surface area contributed by atoms with Crippen LogP contribution in [0.15, 0.2) is 0 Å². The van der Waals surface area contributed by atoms with Crippen molar-refractivity contribution in [2.75, 3.05) is 52.5 Å². The smallest absolute Gasteiger partial charge is 0.0594 e. The van der Waals surface area contributed by atoms with Crippen LogP contribution in [0.4, 0.5) is 0 Å². The third kappa shape index (κ3) is 4.71. The number of nitrogens with zero attached hydrogens (tertiary/aromatic N) is 2. The fraction of sp³-hybridized carbons (Fsp3) is 1.00. The van der Waals surface area contributed by atoms with Gasteiger partial charge < -0.3 is 10.1 Å². The zero-order valence-corrected chi connectivity index (χ0v) is 12.9. The second-order valence-corrected chi connectivity index (χ2v) is 6.42. The Balaban J connectivity index is 1.72. The lowest BCUT2D eigenvalue weighted by molar-refractivity contribution is 0.0331. The molecule has 0 aromatic heterocycles. The van der Waals surface area contributed by atoms with Crippen LogP contribution in [0.1, 0.15) is 27.2 Å². The van der Waals surface area contributed by atoms with Crippen LogP contribution in [0.25, 0.3) is 0 Å². The molecule has 2 saturated heterocycles.